The molecule has 6 nitrogen and oxygen atoms in total. The van der Waals surface area contributed by atoms with Gasteiger partial charge in [0.2, 0.25) is 0 Å². The van der Waals surface area contributed by atoms with Crippen LogP contribution in [0.25, 0.3) is 0 Å². The van der Waals surface area contributed by atoms with Gasteiger partial charge in [0.15, 0.2) is 15.0 Å². The molecule has 0 saturated carbocycles. The molecule has 0 amide bonds. The van der Waals surface area contributed by atoms with Gasteiger partial charge in [-0.1, -0.05) is 17.8 Å². The molecule has 24 heavy (non-hydrogen) atoms. The minimum Gasteiger partial charge on any atom is -0.319 e. The predicted molar refractivity (Wildman–Crippen MR) is 96.7 cm³/mol. The van der Waals surface area contributed by atoms with Crippen LogP contribution in [0.1, 0.15) is 12.5 Å². The lowest BCUT2D eigenvalue weighted by Crippen LogP contribution is -2.20. The summed E-state index contributed by atoms with van der Waals surface area (Å²) >= 11 is 4.85. The van der Waals surface area contributed by atoms with Crippen molar-refractivity contribution in [3.63, 3.8) is 0 Å². The summed E-state index contributed by atoms with van der Waals surface area (Å²) in [5.74, 6) is 0.539. The number of amidine groups is 1. The maximum atomic E-state index is 14.2. The van der Waals surface area contributed by atoms with E-state index in [1.165, 1.54) is 23.9 Å². The molecular weight excluding hydrogens is 419 g/mol. The van der Waals surface area contributed by atoms with Crippen LogP contribution in [0.5, 0.6) is 0 Å². The first-order valence-corrected chi connectivity index (χ1v) is 10.5. The summed E-state index contributed by atoms with van der Waals surface area (Å²) in [5, 5.41) is 10.5. The number of H-pyrrole nitrogens is 1. The average Bonchev–Trinajstić information content (AvgIpc) is 3.06. The molecule has 3 rings (SSSR count). The number of anilines is 1. The third kappa shape index (κ3) is 3.35. The molecule has 1 aliphatic heterocycles. The number of sulfone groups is 1. The van der Waals surface area contributed by atoms with Crippen LogP contribution in [-0.2, 0) is 15.4 Å². The van der Waals surface area contributed by atoms with Crippen LogP contribution in [0.4, 0.5) is 10.2 Å². The van der Waals surface area contributed by atoms with Gasteiger partial charge in [-0.15, -0.1) is 0 Å². The molecule has 1 aliphatic rings. The van der Waals surface area contributed by atoms with Crippen LogP contribution >= 0.6 is 27.7 Å². The molecular formula is C14H14BrFN4O2S2. The number of nitrogens with zero attached hydrogens (tertiary/aromatic N) is 2. The van der Waals surface area contributed by atoms with Crippen molar-refractivity contribution in [2.24, 2.45) is 4.99 Å². The second kappa shape index (κ2) is 6.16. The number of thioether (sulfide) groups is 1. The lowest BCUT2D eigenvalue weighted by atomic mass is 9.95. The molecule has 2 N–H and O–H groups in total. The molecule has 10 heteroatoms. The maximum Gasteiger partial charge on any atom is 0.178 e. The van der Waals surface area contributed by atoms with Gasteiger partial charge in [0.1, 0.15) is 16.5 Å². The number of aromatic amines is 1. The van der Waals surface area contributed by atoms with Crippen molar-refractivity contribution in [1.82, 2.24) is 10.2 Å². The normalized spacial score (nSPS) is 20.9. The summed E-state index contributed by atoms with van der Waals surface area (Å²) in [4.78, 5) is 4.32. The summed E-state index contributed by atoms with van der Waals surface area (Å²) in [5.41, 5.74) is -0.0171. The number of hydrogen-bond acceptors (Lipinski definition) is 6. The van der Waals surface area contributed by atoms with Crippen LogP contribution in [0.2, 0.25) is 0 Å². The Bertz CT molecular complexity index is 929. The van der Waals surface area contributed by atoms with E-state index in [1.807, 2.05) is 6.92 Å². The number of benzene rings is 1. The van der Waals surface area contributed by atoms with Gasteiger partial charge in [0.05, 0.1) is 16.2 Å². The van der Waals surface area contributed by atoms with Gasteiger partial charge in [0.25, 0.3) is 0 Å². The van der Waals surface area contributed by atoms with Gasteiger partial charge in [0, 0.05) is 12.0 Å². The van der Waals surface area contributed by atoms with Crippen molar-refractivity contribution in [3.8, 4) is 0 Å². The first-order chi connectivity index (χ1) is 11.2. The zero-order chi connectivity index (χ0) is 17.5. The summed E-state index contributed by atoms with van der Waals surface area (Å²) in [6.07, 6.45) is 2.61. The molecule has 0 spiro atoms. The van der Waals surface area contributed by atoms with Gasteiger partial charge in [-0.2, -0.15) is 5.10 Å². The van der Waals surface area contributed by atoms with Crippen molar-refractivity contribution in [2.45, 2.75) is 17.4 Å². The number of aliphatic imine (C=N–C) groups is 1. The number of aromatic nitrogens is 2. The van der Waals surface area contributed by atoms with E-state index >= 15 is 0 Å². The van der Waals surface area contributed by atoms with Gasteiger partial charge in [-0.05, 0) is 40.5 Å². The number of rotatable bonds is 3. The quantitative estimate of drug-likeness (QED) is 0.777. The van der Waals surface area contributed by atoms with Crippen LogP contribution < -0.4 is 5.32 Å². The highest BCUT2D eigenvalue weighted by Crippen LogP contribution is 2.38. The Kier molecular flexibility index (Phi) is 4.47. The topological polar surface area (TPSA) is 87.2 Å². The molecule has 2 heterocycles. The summed E-state index contributed by atoms with van der Waals surface area (Å²) in [6, 6.07) is 4.15. The van der Waals surface area contributed by atoms with E-state index in [0.717, 1.165) is 10.7 Å². The third-order valence-electron chi connectivity index (χ3n) is 3.62. The van der Waals surface area contributed by atoms with E-state index in [2.05, 4.69) is 36.4 Å². The highest BCUT2D eigenvalue weighted by atomic mass is 79.9. The second-order valence-electron chi connectivity index (χ2n) is 5.61. The first-order valence-electron chi connectivity index (χ1n) is 6.88. The monoisotopic (exact) mass is 432 g/mol. The Morgan fingerprint density at radius 1 is 1.46 bits per heavy atom. The largest absolute Gasteiger partial charge is 0.319 e. The Hall–Kier alpha value is -1.39. The number of nitrogens with one attached hydrogen (secondary N) is 2. The van der Waals surface area contributed by atoms with E-state index in [0.29, 0.717) is 22.3 Å². The SMILES string of the molecule is C[C@]1(c2ccc(S(C)(=O)=O)c(F)c2)CSC(Nc2[nH]ncc2Br)=N1. The molecule has 0 saturated heterocycles. The molecule has 1 atom stereocenters. The van der Waals surface area contributed by atoms with Crippen LogP contribution in [-0.4, -0.2) is 35.8 Å². The molecule has 1 aromatic carbocycles. The molecule has 1 aromatic heterocycles. The molecule has 0 unspecified atom stereocenters. The molecule has 0 bridgehead atoms. The van der Waals surface area contributed by atoms with Crippen LogP contribution in [0.3, 0.4) is 0 Å². The smallest absolute Gasteiger partial charge is 0.178 e. The van der Waals surface area contributed by atoms with Gasteiger partial charge in [-0.3, -0.25) is 10.1 Å². The molecule has 0 radical (unpaired) electrons. The third-order valence-corrected chi connectivity index (χ3v) is 6.52. The van der Waals surface area contributed by atoms with Crippen molar-refractivity contribution in [2.75, 3.05) is 17.3 Å². The Balaban J connectivity index is 1.89. The molecule has 0 fully saturated rings. The zero-order valence-corrected chi connectivity index (χ0v) is 16.0. The van der Waals surface area contributed by atoms with E-state index in [-0.39, 0.29) is 4.90 Å². The molecule has 0 aliphatic carbocycles. The fraction of sp³-hybridized carbons (Fsp3) is 0.286. The lowest BCUT2D eigenvalue weighted by molar-refractivity contribution is 0.546. The number of halogens is 2. The van der Waals surface area contributed by atoms with Gasteiger partial charge in [-0.25, -0.2) is 12.8 Å². The van der Waals surface area contributed by atoms with Crippen molar-refractivity contribution < 1.29 is 12.8 Å². The van der Waals surface area contributed by atoms with Gasteiger partial charge < -0.3 is 5.32 Å². The summed E-state index contributed by atoms with van der Waals surface area (Å²) in [6.45, 7) is 1.88. The minimum atomic E-state index is -3.59. The molecule has 2 aromatic rings. The molecule has 128 valence electrons. The Morgan fingerprint density at radius 3 is 2.79 bits per heavy atom. The standard InChI is InChI=1S/C14H14BrFN4O2S2/c1-14(8-3-4-11(10(16)5-8)24(2,21)22)7-23-13(19-14)18-12-9(15)6-17-20-12/h3-6H,7H2,1-2H3,(H2,17,18,19,20)/t14-/m1/s1. The van der Waals surface area contributed by atoms with E-state index < -0.39 is 21.2 Å². The lowest BCUT2D eigenvalue weighted by Gasteiger charge is -2.20. The highest BCUT2D eigenvalue weighted by molar-refractivity contribution is 9.10. The summed E-state index contributed by atoms with van der Waals surface area (Å²) in [7, 11) is -3.59. The average molecular weight is 433 g/mol. The van der Waals surface area contributed by atoms with Crippen molar-refractivity contribution in [1.29, 1.82) is 0 Å². The highest BCUT2D eigenvalue weighted by Gasteiger charge is 2.34. The zero-order valence-electron chi connectivity index (χ0n) is 12.8. The summed E-state index contributed by atoms with van der Waals surface area (Å²) < 4.78 is 38.0. The first kappa shape index (κ1) is 17.4. The fourth-order valence-electron chi connectivity index (χ4n) is 2.31. The maximum absolute atomic E-state index is 14.2. The fourth-order valence-corrected chi connectivity index (χ4v) is 4.42. The van der Waals surface area contributed by atoms with Gasteiger partial charge >= 0.3 is 0 Å². The van der Waals surface area contributed by atoms with E-state index in [9.17, 15) is 12.8 Å². The van der Waals surface area contributed by atoms with Crippen LogP contribution in [0, 0.1) is 5.82 Å². The van der Waals surface area contributed by atoms with E-state index in [1.54, 1.807) is 12.3 Å². The predicted octanol–water partition coefficient (Wildman–Crippen LogP) is 3.14. The van der Waals surface area contributed by atoms with Crippen LogP contribution in [0.15, 0.2) is 38.8 Å². The van der Waals surface area contributed by atoms with E-state index in [4.69, 9.17) is 0 Å². The second-order valence-corrected chi connectivity index (χ2v) is 9.42. The van der Waals surface area contributed by atoms with Crippen molar-refractivity contribution >= 4 is 48.5 Å². The Labute approximate surface area is 151 Å². The van der Waals surface area contributed by atoms with Crippen molar-refractivity contribution in [3.05, 3.63) is 40.2 Å². The number of hydrogen-bond donors (Lipinski definition) is 2. The minimum absolute atomic E-state index is 0.302. The Morgan fingerprint density at radius 2 is 2.21 bits per heavy atom.